The average molecular weight is 412 g/mol. The molecule has 0 bridgehead atoms. The van der Waals surface area contributed by atoms with Gasteiger partial charge in [0.05, 0.1) is 7.11 Å². The Morgan fingerprint density at radius 2 is 1.43 bits per heavy atom. The van der Waals surface area contributed by atoms with Crippen LogP contribution in [-0.2, 0) is 9.53 Å². The van der Waals surface area contributed by atoms with Crippen molar-refractivity contribution in [1.29, 1.82) is 0 Å². The fraction of sp³-hybridized carbons (Fsp3) is 0.538. The van der Waals surface area contributed by atoms with Crippen molar-refractivity contribution in [1.82, 2.24) is 0 Å². The van der Waals surface area contributed by atoms with Gasteiger partial charge in [0.2, 0.25) is 0 Å². The summed E-state index contributed by atoms with van der Waals surface area (Å²) in [5.41, 5.74) is 1.74. The fourth-order valence-corrected chi connectivity index (χ4v) is 3.73. The summed E-state index contributed by atoms with van der Waals surface area (Å²) < 4.78 is 4.73. The van der Waals surface area contributed by atoms with E-state index in [1.807, 2.05) is 48.3 Å². The lowest BCUT2D eigenvalue weighted by atomic mass is 10.00. The molecular formula is C26H37NO3. The van der Waals surface area contributed by atoms with E-state index in [0.717, 1.165) is 34.9 Å². The number of likely N-dealkylation sites (N-methyl/N-ethyl adjacent to an activating group) is 1. The lowest BCUT2D eigenvalue weighted by Gasteiger charge is -2.18. The number of benzene rings is 2. The van der Waals surface area contributed by atoms with Crippen LogP contribution in [0.3, 0.4) is 0 Å². The molecule has 0 aliphatic rings. The first kappa shape index (κ1) is 23.9. The predicted molar refractivity (Wildman–Crippen MR) is 125 cm³/mol. The molecule has 0 N–H and O–H groups in total. The van der Waals surface area contributed by atoms with Crippen LogP contribution in [0.25, 0.3) is 10.8 Å². The number of rotatable bonds is 14. The maximum Gasteiger partial charge on any atom is 0.325 e. The number of fused-ring (bicyclic) bond motifs is 1. The van der Waals surface area contributed by atoms with Crippen molar-refractivity contribution in [2.75, 3.05) is 25.6 Å². The van der Waals surface area contributed by atoms with Crippen LogP contribution in [0.2, 0.25) is 0 Å². The molecule has 0 amide bonds. The van der Waals surface area contributed by atoms with Crippen molar-refractivity contribution in [3.05, 3.63) is 42.0 Å². The minimum atomic E-state index is -0.268. The van der Waals surface area contributed by atoms with E-state index >= 15 is 0 Å². The second kappa shape index (κ2) is 13.0. The molecular weight excluding hydrogens is 374 g/mol. The molecule has 2 aromatic carbocycles. The van der Waals surface area contributed by atoms with Gasteiger partial charge in [0.15, 0.2) is 5.78 Å². The van der Waals surface area contributed by atoms with Gasteiger partial charge in [0, 0.05) is 24.7 Å². The summed E-state index contributed by atoms with van der Waals surface area (Å²) in [6.45, 7) is 2.45. The summed E-state index contributed by atoms with van der Waals surface area (Å²) in [6, 6.07) is 11.9. The van der Waals surface area contributed by atoms with Gasteiger partial charge in [-0.1, -0.05) is 76.5 Å². The molecule has 0 aliphatic heterocycles. The Kier molecular flexibility index (Phi) is 10.4. The smallest absolute Gasteiger partial charge is 0.325 e. The number of ether oxygens (including phenoxy) is 1. The molecule has 4 heteroatoms. The molecule has 2 rings (SSSR count). The first-order valence-electron chi connectivity index (χ1n) is 11.4. The fourth-order valence-electron chi connectivity index (χ4n) is 3.73. The molecule has 0 fully saturated rings. The molecule has 0 spiro atoms. The highest BCUT2D eigenvalue weighted by atomic mass is 16.5. The Hall–Kier alpha value is -2.36. The van der Waals surface area contributed by atoms with E-state index in [4.69, 9.17) is 4.74 Å². The van der Waals surface area contributed by atoms with Crippen LogP contribution >= 0.6 is 0 Å². The Morgan fingerprint density at radius 1 is 0.833 bits per heavy atom. The van der Waals surface area contributed by atoms with Gasteiger partial charge in [-0.05, 0) is 35.4 Å². The number of hydrogen-bond acceptors (Lipinski definition) is 4. The highest BCUT2D eigenvalue weighted by Gasteiger charge is 2.10. The first-order valence-corrected chi connectivity index (χ1v) is 11.4. The summed E-state index contributed by atoms with van der Waals surface area (Å²) in [4.78, 5) is 25.9. The molecule has 0 saturated carbocycles. The third-order valence-corrected chi connectivity index (χ3v) is 5.69. The van der Waals surface area contributed by atoms with Gasteiger partial charge < -0.3 is 9.64 Å². The third-order valence-electron chi connectivity index (χ3n) is 5.69. The maximum atomic E-state index is 12.6. The molecule has 2 aromatic rings. The van der Waals surface area contributed by atoms with Crippen molar-refractivity contribution in [3.63, 3.8) is 0 Å². The Balaban J connectivity index is 1.81. The van der Waals surface area contributed by atoms with Crippen molar-refractivity contribution < 1.29 is 14.3 Å². The molecule has 0 aliphatic carbocycles. The van der Waals surface area contributed by atoms with Gasteiger partial charge in [0.1, 0.15) is 6.54 Å². The number of unbranched alkanes of at least 4 members (excludes halogenated alkanes) is 8. The SMILES string of the molecule is CCCCCCCCCCCC(=O)c1ccc2cc(N(C)CC(=O)OC)ccc2c1. The number of ketones is 1. The largest absolute Gasteiger partial charge is 0.468 e. The van der Waals surface area contributed by atoms with Gasteiger partial charge >= 0.3 is 5.97 Å². The molecule has 0 heterocycles. The lowest BCUT2D eigenvalue weighted by Crippen LogP contribution is -2.26. The predicted octanol–water partition coefficient (Wildman–Crippen LogP) is 6.55. The van der Waals surface area contributed by atoms with Crippen LogP contribution in [0.5, 0.6) is 0 Å². The zero-order chi connectivity index (χ0) is 21.8. The van der Waals surface area contributed by atoms with Crippen LogP contribution in [0.4, 0.5) is 5.69 Å². The highest BCUT2D eigenvalue weighted by molar-refractivity contribution is 6.00. The molecule has 0 atom stereocenters. The van der Waals surface area contributed by atoms with Crippen molar-refractivity contribution in [2.45, 2.75) is 71.1 Å². The van der Waals surface area contributed by atoms with E-state index in [0.29, 0.717) is 6.42 Å². The number of anilines is 1. The van der Waals surface area contributed by atoms with E-state index in [1.165, 1.54) is 52.1 Å². The normalized spacial score (nSPS) is 10.9. The lowest BCUT2D eigenvalue weighted by molar-refractivity contribution is -0.138. The topological polar surface area (TPSA) is 46.6 Å². The van der Waals surface area contributed by atoms with Gasteiger partial charge in [-0.3, -0.25) is 9.59 Å². The molecule has 0 saturated heterocycles. The second-order valence-corrected chi connectivity index (χ2v) is 8.18. The standard InChI is InChI=1S/C26H37NO3/c1-4-5-6-7-8-9-10-11-12-13-25(28)23-15-14-22-19-24(17-16-21(22)18-23)27(2)20-26(29)30-3/h14-19H,4-13,20H2,1-3H3. The average Bonchev–Trinajstić information content (AvgIpc) is 2.76. The number of carbonyl (C=O) groups is 2. The van der Waals surface area contributed by atoms with Crippen LogP contribution in [0, 0.1) is 0 Å². The molecule has 0 aromatic heterocycles. The van der Waals surface area contributed by atoms with Gasteiger partial charge in [0.25, 0.3) is 0 Å². The molecule has 0 unspecified atom stereocenters. The number of esters is 1. The van der Waals surface area contributed by atoms with Crippen molar-refractivity contribution >= 4 is 28.2 Å². The molecule has 30 heavy (non-hydrogen) atoms. The third kappa shape index (κ3) is 7.81. The molecule has 0 radical (unpaired) electrons. The Morgan fingerprint density at radius 3 is 2.10 bits per heavy atom. The minimum Gasteiger partial charge on any atom is -0.468 e. The van der Waals surface area contributed by atoms with E-state index in [1.54, 1.807) is 0 Å². The van der Waals surface area contributed by atoms with Gasteiger partial charge in [-0.15, -0.1) is 0 Å². The maximum absolute atomic E-state index is 12.6. The summed E-state index contributed by atoms with van der Waals surface area (Å²) in [6.07, 6.45) is 12.0. The number of methoxy groups -OCH3 is 1. The summed E-state index contributed by atoms with van der Waals surface area (Å²) in [5, 5.41) is 2.10. The van der Waals surface area contributed by atoms with Crippen LogP contribution < -0.4 is 4.90 Å². The summed E-state index contributed by atoms with van der Waals surface area (Å²) in [5.74, 6) is -0.0400. The monoisotopic (exact) mass is 411 g/mol. The van der Waals surface area contributed by atoms with Crippen LogP contribution in [0.1, 0.15) is 81.5 Å². The number of nitrogens with zero attached hydrogens (tertiary/aromatic N) is 1. The number of Topliss-reactive ketones (excluding diaryl/α,β-unsaturated/α-hetero) is 1. The van der Waals surface area contributed by atoms with E-state index in [9.17, 15) is 9.59 Å². The van der Waals surface area contributed by atoms with Crippen molar-refractivity contribution in [3.8, 4) is 0 Å². The van der Waals surface area contributed by atoms with Crippen molar-refractivity contribution in [2.24, 2.45) is 0 Å². The molecule has 4 nitrogen and oxygen atoms in total. The minimum absolute atomic E-state index is 0.206. The Bertz CT molecular complexity index is 815. The highest BCUT2D eigenvalue weighted by Crippen LogP contribution is 2.23. The zero-order valence-corrected chi connectivity index (χ0v) is 18.9. The first-order chi connectivity index (χ1) is 14.5. The zero-order valence-electron chi connectivity index (χ0n) is 18.9. The quantitative estimate of drug-likeness (QED) is 0.201. The van der Waals surface area contributed by atoms with Gasteiger partial charge in [-0.25, -0.2) is 0 Å². The summed E-state index contributed by atoms with van der Waals surface area (Å²) in [7, 11) is 3.25. The van der Waals surface area contributed by atoms with Crippen LogP contribution in [-0.4, -0.2) is 32.5 Å². The van der Waals surface area contributed by atoms with E-state index < -0.39 is 0 Å². The van der Waals surface area contributed by atoms with E-state index in [-0.39, 0.29) is 18.3 Å². The van der Waals surface area contributed by atoms with Crippen LogP contribution in [0.15, 0.2) is 36.4 Å². The second-order valence-electron chi connectivity index (χ2n) is 8.18. The number of carbonyl (C=O) groups excluding carboxylic acids is 2. The summed E-state index contributed by atoms with van der Waals surface area (Å²) >= 11 is 0. The number of hydrogen-bond donors (Lipinski definition) is 0. The Labute approximate surface area is 181 Å². The van der Waals surface area contributed by atoms with Gasteiger partial charge in [-0.2, -0.15) is 0 Å². The molecule has 164 valence electrons. The van der Waals surface area contributed by atoms with E-state index in [2.05, 4.69) is 6.92 Å².